The lowest BCUT2D eigenvalue weighted by atomic mass is 9.89. The van der Waals surface area contributed by atoms with E-state index >= 15 is 0 Å². The zero-order valence-electron chi connectivity index (χ0n) is 44.1. The number of imidazole rings is 1. The fourth-order valence-corrected chi connectivity index (χ4v) is 19.9. The molecule has 0 N–H and O–H groups in total. The minimum absolute atomic E-state index is 0.0135. The van der Waals surface area contributed by atoms with E-state index < -0.39 is 8.07 Å². The highest BCUT2D eigenvalue weighted by Gasteiger charge is 2.43. The van der Waals surface area contributed by atoms with Gasteiger partial charge in [-0.3, -0.25) is 4.57 Å². The number of fused-ring (bicyclic) bond motifs is 14. The number of hydrogen-bond donors (Lipinski definition) is 0. The quantitative estimate of drug-likeness (QED) is 0.112. The SMILES string of the molecule is c1ccc([Si](c2ccccc2)(c2cccc(-c3ccc4c(c3)CSc3nc5ccccc5n3-4)c2)c2cccc(C3c4ccc(-n5c6ccccc6c6ccccc65)cc4-c4cc(-n5c6ccccc6c6ccccc65)ccc43)c2)cc1. The van der Waals surface area contributed by atoms with Gasteiger partial charge < -0.3 is 9.13 Å². The summed E-state index contributed by atoms with van der Waals surface area (Å²) in [5.74, 6) is 0.864. The van der Waals surface area contributed by atoms with Crippen LogP contribution in [0.25, 0.3) is 94.0 Å². The van der Waals surface area contributed by atoms with Crippen molar-refractivity contribution in [2.75, 3.05) is 0 Å². The first-order valence-corrected chi connectivity index (χ1v) is 31.0. The van der Waals surface area contributed by atoms with Crippen LogP contribution >= 0.6 is 11.8 Å². The molecule has 1 aliphatic carbocycles. The van der Waals surface area contributed by atoms with Crippen molar-refractivity contribution in [2.24, 2.45) is 0 Å². The third-order valence-electron chi connectivity index (χ3n) is 17.6. The molecule has 4 nitrogen and oxygen atoms in total. The first-order chi connectivity index (χ1) is 40.2. The van der Waals surface area contributed by atoms with E-state index in [0.717, 1.165) is 33.3 Å². The predicted molar refractivity (Wildman–Crippen MR) is 341 cm³/mol. The summed E-state index contributed by atoms with van der Waals surface area (Å²) in [4.78, 5) is 5.00. The summed E-state index contributed by atoms with van der Waals surface area (Å²) in [6.45, 7) is 0. The van der Waals surface area contributed by atoms with Crippen LogP contribution < -0.4 is 20.7 Å². The lowest BCUT2D eigenvalue weighted by Gasteiger charge is -2.35. The molecule has 0 spiro atoms. The molecule has 3 aromatic heterocycles. The summed E-state index contributed by atoms with van der Waals surface area (Å²) < 4.78 is 7.26. The average Bonchev–Trinajstić information content (AvgIpc) is 4.49. The van der Waals surface area contributed by atoms with E-state index in [2.05, 4.69) is 299 Å². The third-order valence-corrected chi connectivity index (χ3v) is 23.3. The molecule has 12 aromatic carbocycles. The van der Waals surface area contributed by atoms with Crippen molar-refractivity contribution in [2.45, 2.75) is 16.8 Å². The molecule has 0 fully saturated rings. The number of rotatable bonds is 8. The van der Waals surface area contributed by atoms with Gasteiger partial charge in [0.2, 0.25) is 0 Å². The molecule has 0 saturated heterocycles. The van der Waals surface area contributed by atoms with Gasteiger partial charge in [0.25, 0.3) is 0 Å². The van der Waals surface area contributed by atoms with E-state index in [1.807, 2.05) is 11.8 Å². The van der Waals surface area contributed by atoms with Gasteiger partial charge in [0.05, 0.1) is 38.8 Å². The molecule has 380 valence electrons. The van der Waals surface area contributed by atoms with Crippen LogP contribution in [0.4, 0.5) is 0 Å². The molecular weight excluding hydrogens is 1020 g/mol. The summed E-state index contributed by atoms with van der Waals surface area (Å²) in [6.07, 6.45) is 0. The van der Waals surface area contributed by atoms with Crippen LogP contribution in [-0.4, -0.2) is 26.8 Å². The highest BCUT2D eigenvalue weighted by atomic mass is 32.2. The molecule has 81 heavy (non-hydrogen) atoms. The third kappa shape index (κ3) is 6.94. The first-order valence-electron chi connectivity index (χ1n) is 28.0. The van der Waals surface area contributed by atoms with Gasteiger partial charge in [-0.1, -0.05) is 224 Å². The van der Waals surface area contributed by atoms with Crippen molar-refractivity contribution in [3.63, 3.8) is 0 Å². The Kier molecular flexibility index (Phi) is 10.4. The monoisotopic (exact) mass is 1070 g/mol. The van der Waals surface area contributed by atoms with Crippen LogP contribution in [0.5, 0.6) is 0 Å². The average molecular weight is 1070 g/mol. The lowest BCUT2D eigenvalue weighted by molar-refractivity contribution is 0.895. The molecule has 0 saturated carbocycles. The van der Waals surface area contributed by atoms with Gasteiger partial charge in [0, 0.05) is 44.6 Å². The number of para-hydroxylation sites is 6. The fraction of sp³-hybridized carbons (Fsp3) is 0.0267. The Morgan fingerprint density at radius 2 is 0.827 bits per heavy atom. The second-order valence-electron chi connectivity index (χ2n) is 21.8. The van der Waals surface area contributed by atoms with Gasteiger partial charge >= 0.3 is 0 Å². The van der Waals surface area contributed by atoms with E-state index in [0.29, 0.717) is 0 Å². The Balaban J connectivity index is 0.862. The number of thioether (sulfide) groups is 1. The van der Waals surface area contributed by atoms with Crippen molar-refractivity contribution >= 4 is 95.2 Å². The van der Waals surface area contributed by atoms with E-state index in [1.54, 1.807) is 0 Å². The topological polar surface area (TPSA) is 27.7 Å². The maximum absolute atomic E-state index is 5.00. The van der Waals surface area contributed by atoms with Crippen LogP contribution in [0, 0.1) is 0 Å². The Bertz CT molecular complexity index is 4720. The Morgan fingerprint density at radius 1 is 0.358 bits per heavy atom. The van der Waals surface area contributed by atoms with Gasteiger partial charge in [0.1, 0.15) is 0 Å². The van der Waals surface area contributed by atoms with E-state index in [9.17, 15) is 0 Å². The van der Waals surface area contributed by atoms with Crippen LogP contribution in [0.15, 0.2) is 290 Å². The van der Waals surface area contributed by atoms with Crippen molar-refractivity contribution in [1.29, 1.82) is 0 Å². The zero-order chi connectivity index (χ0) is 53.2. The summed E-state index contributed by atoms with van der Waals surface area (Å²) >= 11 is 1.82. The summed E-state index contributed by atoms with van der Waals surface area (Å²) in [5.41, 5.74) is 20.8. The van der Waals surface area contributed by atoms with Crippen LogP contribution in [0.2, 0.25) is 0 Å². The van der Waals surface area contributed by atoms with Crippen molar-refractivity contribution in [3.05, 3.63) is 307 Å². The zero-order valence-corrected chi connectivity index (χ0v) is 45.9. The summed E-state index contributed by atoms with van der Waals surface area (Å²) in [7, 11) is -3.05. The fourth-order valence-electron chi connectivity index (χ4n) is 14.1. The standard InChI is InChI=1S/C75H50N4SSi/c1-3-21-55(22-4-1)81(56-23-5-2-6-24-56,57-25-17-19-49(44-57)50-37-42-68-52(43-50)48-80-75-76-67-31-11-16-36-73(67)79(68)75)58-26-18-20-51(45-58)74-63-40-38-53(77-69-32-12-7-27-59(69)60-28-8-13-33-70(60)77)46-65(63)66-47-54(39-41-64(66)74)78-71-34-14-9-29-61(71)62-30-10-15-35-72(62)78/h1-47,74H,48H2. The van der Waals surface area contributed by atoms with Gasteiger partial charge in [-0.25, -0.2) is 4.98 Å². The van der Waals surface area contributed by atoms with Gasteiger partial charge in [0.15, 0.2) is 13.2 Å². The van der Waals surface area contributed by atoms with E-state index in [-0.39, 0.29) is 5.92 Å². The lowest BCUT2D eigenvalue weighted by Crippen LogP contribution is -2.74. The number of aromatic nitrogens is 4. The van der Waals surface area contributed by atoms with E-state index in [4.69, 9.17) is 4.98 Å². The molecule has 1 aliphatic heterocycles. The van der Waals surface area contributed by atoms with Crippen LogP contribution in [0.3, 0.4) is 0 Å². The highest BCUT2D eigenvalue weighted by molar-refractivity contribution is 7.98. The van der Waals surface area contributed by atoms with Crippen LogP contribution in [0.1, 0.15) is 28.2 Å². The minimum atomic E-state index is -3.05. The molecule has 6 heteroatoms. The Morgan fingerprint density at radius 3 is 1.40 bits per heavy atom. The molecule has 0 amide bonds. The van der Waals surface area contributed by atoms with Gasteiger partial charge in [-0.15, -0.1) is 0 Å². The molecule has 17 rings (SSSR count). The summed E-state index contributed by atoms with van der Waals surface area (Å²) in [5, 5.41) is 11.5. The highest BCUT2D eigenvalue weighted by Crippen LogP contribution is 2.50. The molecular formula is C75H50N4SSi. The molecule has 2 aliphatic rings. The van der Waals surface area contributed by atoms with Gasteiger partial charge in [-0.05, 0) is 138 Å². The number of nitrogens with zero attached hydrogens (tertiary/aromatic N) is 4. The van der Waals surface area contributed by atoms with E-state index in [1.165, 1.54) is 115 Å². The molecule has 0 bridgehead atoms. The van der Waals surface area contributed by atoms with Crippen molar-refractivity contribution in [3.8, 4) is 39.3 Å². The number of hydrogen-bond acceptors (Lipinski definition) is 2. The minimum Gasteiger partial charge on any atom is -0.309 e. The molecule has 4 heterocycles. The predicted octanol–water partition coefficient (Wildman–Crippen LogP) is 16.0. The van der Waals surface area contributed by atoms with Crippen molar-refractivity contribution < 1.29 is 0 Å². The Labute approximate surface area is 474 Å². The largest absolute Gasteiger partial charge is 0.309 e. The maximum Gasteiger partial charge on any atom is 0.179 e. The number of benzene rings is 12. The Hall–Kier alpha value is -9.72. The molecule has 0 radical (unpaired) electrons. The smallest absolute Gasteiger partial charge is 0.179 e. The normalized spacial score (nSPS) is 13.0. The first kappa shape index (κ1) is 46.2. The summed E-state index contributed by atoms with van der Waals surface area (Å²) in [6, 6.07) is 107. The van der Waals surface area contributed by atoms with Crippen molar-refractivity contribution in [1.82, 2.24) is 18.7 Å². The molecule has 15 aromatic rings. The second kappa shape index (κ2) is 18.2. The second-order valence-corrected chi connectivity index (χ2v) is 26.5. The molecule has 0 unspecified atom stereocenters. The maximum atomic E-state index is 5.00. The molecule has 0 atom stereocenters. The van der Waals surface area contributed by atoms with Gasteiger partial charge in [-0.2, -0.15) is 0 Å². The van der Waals surface area contributed by atoms with Crippen LogP contribution in [-0.2, 0) is 5.75 Å².